The molecule has 2 bridgehead atoms. The Morgan fingerprint density at radius 3 is 2.33 bits per heavy atom. The SMILES string of the molecule is CO[C@@H]1[C@H](OC(=O)N2C[C@@H]3C[C@H]2CN3C(=O)[C@H](C)NC(=O)CCC(=O)C(C)C)CC[C@]2(CO2)[C@H]1[C@@]1(C)O[C@@H]1CC=C(C)C. The molecule has 240 valence electrons. The monoisotopic (exact) mass is 603 g/mol. The van der Waals surface area contributed by atoms with E-state index in [1.54, 1.807) is 37.7 Å². The fourth-order valence-corrected chi connectivity index (χ4v) is 7.58. The van der Waals surface area contributed by atoms with Gasteiger partial charge >= 0.3 is 6.09 Å². The smallest absolute Gasteiger partial charge is 0.410 e. The van der Waals surface area contributed by atoms with Gasteiger partial charge in [0.25, 0.3) is 0 Å². The molecule has 1 aliphatic carbocycles. The topological polar surface area (TPSA) is 130 Å². The predicted molar refractivity (Wildman–Crippen MR) is 157 cm³/mol. The number of hydrogen-bond acceptors (Lipinski definition) is 8. The molecule has 4 saturated heterocycles. The summed E-state index contributed by atoms with van der Waals surface area (Å²) in [5.74, 6) is -0.623. The van der Waals surface area contributed by atoms with Gasteiger partial charge < -0.3 is 34.1 Å². The lowest BCUT2D eigenvalue weighted by atomic mass is 9.68. The lowest BCUT2D eigenvalue weighted by Crippen LogP contribution is -2.58. The van der Waals surface area contributed by atoms with Gasteiger partial charge in [0.2, 0.25) is 11.8 Å². The van der Waals surface area contributed by atoms with Gasteiger partial charge in [0.05, 0.1) is 30.7 Å². The summed E-state index contributed by atoms with van der Waals surface area (Å²) in [7, 11) is 1.67. The number of likely N-dealkylation sites (tertiary alicyclic amines) is 2. The van der Waals surface area contributed by atoms with E-state index in [1.165, 1.54) is 5.57 Å². The number of ether oxygens (including phenoxy) is 4. The van der Waals surface area contributed by atoms with Crippen LogP contribution in [-0.4, -0.2) is 108 Å². The molecule has 1 saturated carbocycles. The first-order valence-electron chi connectivity index (χ1n) is 15.9. The van der Waals surface area contributed by atoms with Gasteiger partial charge in [-0.15, -0.1) is 0 Å². The van der Waals surface area contributed by atoms with E-state index in [0.29, 0.717) is 32.5 Å². The first-order valence-corrected chi connectivity index (χ1v) is 15.9. The average Bonchev–Trinajstić information content (AvgIpc) is 3.76. The Balaban J connectivity index is 1.14. The number of nitrogens with one attached hydrogen (secondary N) is 1. The van der Waals surface area contributed by atoms with Gasteiger partial charge in [0, 0.05) is 39.0 Å². The van der Waals surface area contributed by atoms with E-state index in [2.05, 4.69) is 32.2 Å². The van der Waals surface area contributed by atoms with Crippen molar-refractivity contribution in [1.29, 1.82) is 0 Å². The number of allylic oxidation sites excluding steroid dienone is 1. The van der Waals surface area contributed by atoms with Crippen LogP contribution in [0.2, 0.25) is 0 Å². The summed E-state index contributed by atoms with van der Waals surface area (Å²) in [5, 5.41) is 2.73. The zero-order valence-electron chi connectivity index (χ0n) is 26.7. The standard InChI is InChI=1S/C32H49N3O8/c1-18(2)8-10-25-31(6,43-25)28-27(40-7)24(12-13-32(28)17-41-32)42-30(39)35-16-21-14-22(35)15-34(21)29(38)20(5)33-26(37)11-9-23(36)19(3)4/h8,19-22,24-25,27-28H,9-17H2,1-7H3,(H,33,37)/t20-,21-,22-,24+,25+,27+,28+,31-,32-/m0/s1. The van der Waals surface area contributed by atoms with Gasteiger partial charge in [-0.05, 0) is 53.4 Å². The fourth-order valence-electron chi connectivity index (χ4n) is 7.58. The van der Waals surface area contributed by atoms with Crippen LogP contribution in [0.25, 0.3) is 0 Å². The molecule has 43 heavy (non-hydrogen) atoms. The number of Topliss-reactive ketones (excluding diaryl/α,β-unsaturated/α-hetero) is 1. The summed E-state index contributed by atoms with van der Waals surface area (Å²) < 4.78 is 24.5. The van der Waals surface area contributed by atoms with Crippen LogP contribution in [0.1, 0.15) is 80.1 Å². The Morgan fingerprint density at radius 2 is 1.74 bits per heavy atom. The van der Waals surface area contributed by atoms with Crippen LogP contribution in [-0.2, 0) is 33.3 Å². The van der Waals surface area contributed by atoms with Crippen molar-refractivity contribution < 1.29 is 38.1 Å². The molecular weight excluding hydrogens is 554 g/mol. The number of amides is 3. The van der Waals surface area contributed by atoms with Crippen LogP contribution < -0.4 is 5.32 Å². The maximum atomic E-state index is 13.5. The first-order chi connectivity index (χ1) is 20.3. The molecule has 5 aliphatic rings. The number of hydrogen-bond donors (Lipinski definition) is 1. The van der Waals surface area contributed by atoms with Crippen LogP contribution in [0.15, 0.2) is 11.6 Å². The quantitative estimate of drug-likeness (QED) is 0.282. The van der Waals surface area contributed by atoms with Crippen molar-refractivity contribution in [3.63, 3.8) is 0 Å². The van der Waals surface area contributed by atoms with Gasteiger partial charge in [0.15, 0.2) is 0 Å². The third-order valence-electron chi connectivity index (χ3n) is 10.2. The van der Waals surface area contributed by atoms with E-state index in [1.807, 2.05) is 0 Å². The number of piperazine rings is 1. The van der Waals surface area contributed by atoms with E-state index in [0.717, 1.165) is 12.8 Å². The van der Waals surface area contributed by atoms with Crippen molar-refractivity contribution in [2.45, 2.75) is 128 Å². The fraction of sp³-hybridized carbons (Fsp3) is 0.812. The van der Waals surface area contributed by atoms with Crippen LogP contribution in [0.5, 0.6) is 0 Å². The second kappa shape index (κ2) is 12.1. The minimum atomic E-state index is -0.702. The molecule has 5 fully saturated rings. The molecule has 9 atom stereocenters. The molecule has 0 aromatic carbocycles. The van der Waals surface area contributed by atoms with Crippen molar-refractivity contribution in [3.05, 3.63) is 11.6 Å². The molecule has 1 N–H and O–H groups in total. The summed E-state index contributed by atoms with van der Waals surface area (Å²) in [6.45, 7) is 13.0. The molecule has 0 aromatic heterocycles. The minimum absolute atomic E-state index is 0.0256. The van der Waals surface area contributed by atoms with E-state index in [9.17, 15) is 19.2 Å². The second-order valence-corrected chi connectivity index (χ2v) is 13.9. The third kappa shape index (κ3) is 6.35. The van der Waals surface area contributed by atoms with Crippen molar-refractivity contribution in [2.75, 3.05) is 26.8 Å². The first kappa shape index (κ1) is 31.9. The normalized spacial score (nSPS) is 36.5. The number of carbonyl (C=O) groups is 4. The highest BCUT2D eigenvalue weighted by molar-refractivity contribution is 5.90. The summed E-state index contributed by atoms with van der Waals surface area (Å²) >= 11 is 0. The molecule has 4 aliphatic heterocycles. The maximum Gasteiger partial charge on any atom is 0.410 e. The summed E-state index contributed by atoms with van der Waals surface area (Å²) in [5.41, 5.74) is 0.558. The van der Waals surface area contributed by atoms with Gasteiger partial charge in [0.1, 0.15) is 35.2 Å². The molecule has 11 nitrogen and oxygen atoms in total. The number of fused-ring (bicyclic) bond motifs is 2. The average molecular weight is 604 g/mol. The summed E-state index contributed by atoms with van der Waals surface area (Å²) in [6, 6.07) is -0.960. The van der Waals surface area contributed by atoms with Gasteiger partial charge in [-0.2, -0.15) is 0 Å². The Hall–Kier alpha value is -2.50. The molecule has 0 unspecified atom stereocenters. The molecule has 3 amide bonds. The Bertz CT molecular complexity index is 1150. The highest BCUT2D eigenvalue weighted by atomic mass is 16.6. The minimum Gasteiger partial charge on any atom is -0.443 e. The van der Waals surface area contributed by atoms with Crippen molar-refractivity contribution in [3.8, 4) is 0 Å². The molecule has 5 rings (SSSR count). The van der Waals surface area contributed by atoms with E-state index in [-0.39, 0.29) is 78.3 Å². The van der Waals surface area contributed by atoms with E-state index >= 15 is 0 Å². The second-order valence-electron chi connectivity index (χ2n) is 13.9. The van der Waals surface area contributed by atoms with E-state index in [4.69, 9.17) is 18.9 Å². The number of methoxy groups -OCH3 is 1. The predicted octanol–water partition coefficient (Wildman–Crippen LogP) is 2.99. The summed E-state index contributed by atoms with van der Waals surface area (Å²) in [4.78, 5) is 54.3. The lowest BCUT2D eigenvalue weighted by molar-refractivity contribution is -0.138. The van der Waals surface area contributed by atoms with Crippen LogP contribution in [0.3, 0.4) is 0 Å². The Kier molecular flexibility index (Phi) is 9.00. The molecule has 1 spiro atoms. The zero-order valence-corrected chi connectivity index (χ0v) is 26.7. The Morgan fingerprint density at radius 1 is 1.07 bits per heavy atom. The number of ketones is 1. The van der Waals surface area contributed by atoms with Crippen molar-refractivity contribution in [1.82, 2.24) is 15.1 Å². The van der Waals surface area contributed by atoms with Crippen molar-refractivity contribution in [2.24, 2.45) is 11.8 Å². The number of rotatable bonds is 11. The molecule has 0 radical (unpaired) electrons. The molecule has 11 heteroatoms. The molecule has 4 heterocycles. The highest BCUT2D eigenvalue weighted by Crippen LogP contribution is 2.59. The zero-order chi connectivity index (χ0) is 31.3. The van der Waals surface area contributed by atoms with Crippen molar-refractivity contribution >= 4 is 23.7 Å². The lowest BCUT2D eigenvalue weighted by Gasteiger charge is -2.43. The van der Waals surface area contributed by atoms with Crippen LogP contribution >= 0.6 is 0 Å². The summed E-state index contributed by atoms with van der Waals surface area (Å²) in [6.07, 6.45) is 4.31. The highest BCUT2D eigenvalue weighted by Gasteiger charge is 2.72. The molecule has 0 aromatic rings. The van der Waals surface area contributed by atoms with Gasteiger partial charge in [-0.3, -0.25) is 14.4 Å². The van der Waals surface area contributed by atoms with Gasteiger partial charge in [-0.25, -0.2) is 4.79 Å². The maximum absolute atomic E-state index is 13.5. The van der Waals surface area contributed by atoms with Crippen LogP contribution in [0, 0.1) is 11.8 Å². The van der Waals surface area contributed by atoms with Crippen LogP contribution in [0.4, 0.5) is 4.79 Å². The number of carbonyl (C=O) groups excluding carboxylic acids is 4. The third-order valence-corrected chi connectivity index (χ3v) is 10.2. The molecular formula is C32H49N3O8. The van der Waals surface area contributed by atoms with E-state index < -0.39 is 17.7 Å². The van der Waals surface area contributed by atoms with Gasteiger partial charge in [-0.1, -0.05) is 25.5 Å². The number of nitrogens with zero attached hydrogens (tertiary/aromatic N) is 2. The largest absolute Gasteiger partial charge is 0.443 e. The Labute approximate surface area is 255 Å². The number of epoxide rings is 2.